The van der Waals surface area contributed by atoms with Gasteiger partial charge >= 0.3 is 6.09 Å². The maximum absolute atomic E-state index is 12.2. The van der Waals surface area contributed by atoms with E-state index in [-0.39, 0.29) is 5.92 Å². The Hall–Kier alpha value is -3.54. The molecule has 1 aliphatic rings. The third-order valence-electron chi connectivity index (χ3n) is 5.47. The van der Waals surface area contributed by atoms with Crippen LogP contribution in [-0.2, 0) is 10.1 Å². The summed E-state index contributed by atoms with van der Waals surface area (Å²) in [6.45, 7) is 0.687. The SMILES string of the molecule is N#Cc1ccc(CBr)c(C#CCCNC(=O)OCC2c3ccccc3-c3ccccc32)c1. The first-order valence-corrected chi connectivity index (χ1v) is 11.5. The molecule has 0 aliphatic heterocycles. The number of carbonyl (C=O) groups is 1. The summed E-state index contributed by atoms with van der Waals surface area (Å²) in [6.07, 6.45) is 0.0455. The number of nitrogens with zero attached hydrogens (tertiary/aromatic N) is 1. The van der Waals surface area contributed by atoms with E-state index in [0.29, 0.717) is 30.5 Å². The minimum absolute atomic E-state index is 0.0445. The molecule has 0 aromatic heterocycles. The summed E-state index contributed by atoms with van der Waals surface area (Å²) in [4.78, 5) is 12.2. The highest BCUT2D eigenvalue weighted by molar-refractivity contribution is 9.08. The molecule has 0 saturated heterocycles. The van der Waals surface area contributed by atoms with Crippen LogP contribution in [0.1, 0.15) is 40.2 Å². The predicted molar refractivity (Wildman–Crippen MR) is 128 cm³/mol. The van der Waals surface area contributed by atoms with E-state index in [1.165, 1.54) is 22.3 Å². The Balaban J connectivity index is 1.30. The van der Waals surface area contributed by atoms with E-state index >= 15 is 0 Å². The molecule has 1 amide bonds. The fraction of sp³-hybridized carbons (Fsp3) is 0.185. The van der Waals surface area contributed by atoms with Crippen LogP contribution < -0.4 is 5.32 Å². The molecule has 0 atom stereocenters. The summed E-state index contributed by atoms with van der Waals surface area (Å²) in [5, 5.41) is 12.5. The third-order valence-corrected chi connectivity index (χ3v) is 6.07. The fourth-order valence-corrected chi connectivity index (χ4v) is 4.40. The number of amides is 1. The molecule has 0 spiro atoms. The van der Waals surface area contributed by atoms with Gasteiger partial charge in [-0.25, -0.2) is 4.79 Å². The number of nitriles is 1. The predicted octanol–water partition coefficient (Wildman–Crippen LogP) is 5.73. The van der Waals surface area contributed by atoms with Gasteiger partial charge in [-0.2, -0.15) is 5.26 Å². The van der Waals surface area contributed by atoms with Crippen molar-refractivity contribution in [3.05, 3.63) is 94.5 Å². The van der Waals surface area contributed by atoms with Gasteiger partial charge in [0.1, 0.15) is 6.61 Å². The lowest BCUT2D eigenvalue weighted by molar-refractivity contribution is 0.143. The molecule has 1 aliphatic carbocycles. The number of ether oxygens (including phenoxy) is 1. The molecular formula is C27H21BrN2O2. The van der Waals surface area contributed by atoms with Crippen LogP contribution >= 0.6 is 15.9 Å². The molecule has 0 saturated carbocycles. The summed E-state index contributed by atoms with van der Waals surface area (Å²) < 4.78 is 5.53. The molecule has 0 unspecified atom stereocenters. The van der Waals surface area contributed by atoms with Crippen molar-refractivity contribution in [1.82, 2.24) is 5.32 Å². The maximum atomic E-state index is 12.2. The number of nitrogens with one attached hydrogen (secondary N) is 1. The number of hydrogen-bond acceptors (Lipinski definition) is 3. The zero-order valence-corrected chi connectivity index (χ0v) is 19.0. The van der Waals surface area contributed by atoms with E-state index in [0.717, 1.165) is 11.1 Å². The summed E-state index contributed by atoms with van der Waals surface area (Å²) in [5.74, 6) is 6.19. The zero-order chi connectivity index (χ0) is 22.3. The van der Waals surface area contributed by atoms with Crippen LogP contribution in [0, 0.1) is 23.2 Å². The lowest BCUT2D eigenvalue weighted by Crippen LogP contribution is -2.26. The van der Waals surface area contributed by atoms with Crippen molar-refractivity contribution in [2.24, 2.45) is 0 Å². The van der Waals surface area contributed by atoms with Gasteiger partial charge in [0.15, 0.2) is 0 Å². The molecule has 0 fully saturated rings. The molecule has 1 N–H and O–H groups in total. The Labute approximate surface area is 196 Å². The van der Waals surface area contributed by atoms with E-state index in [9.17, 15) is 4.79 Å². The number of fused-ring (bicyclic) bond motifs is 3. The molecule has 5 heteroatoms. The normalized spacial score (nSPS) is 11.5. The average Bonchev–Trinajstić information content (AvgIpc) is 3.16. The van der Waals surface area contributed by atoms with Crippen LogP contribution in [0.15, 0.2) is 66.7 Å². The number of alkyl carbamates (subject to hydrolysis) is 1. The first-order valence-electron chi connectivity index (χ1n) is 10.4. The number of benzene rings is 3. The molecular weight excluding hydrogens is 464 g/mol. The van der Waals surface area contributed by atoms with E-state index in [1.54, 1.807) is 12.1 Å². The number of rotatable bonds is 5. The van der Waals surface area contributed by atoms with Crippen molar-refractivity contribution in [3.63, 3.8) is 0 Å². The zero-order valence-electron chi connectivity index (χ0n) is 17.4. The second-order valence-electron chi connectivity index (χ2n) is 7.42. The quantitative estimate of drug-likeness (QED) is 0.285. The van der Waals surface area contributed by atoms with Crippen molar-refractivity contribution in [2.75, 3.05) is 13.2 Å². The van der Waals surface area contributed by atoms with Gasteiger partial charge < -0.3 is 10.1 Å². The fourth-order valence-electron chi connectivity index (χ4n) is 3.91. The lowest BCUT2D eigenvalue weighted by Gasteiger charge is -2.14. The Morgan fingerprint density at radius 2 is 1.72 bits per heavy atom. The van der Waals surface area contributed by atoms with Crippen molar-refractivity contribution in [2.45, 2.75) is 17.7 Å². The molecule has 0 bridgehead atoms. The van der Waals surface area contributed by atoms with Gasteiger partial charge in [-0.1, -0.05) is 82.4 Å². The van der Waals surface area contributed by atoms with Crippen LogP contribution in [0.5, 0.6) is 0 Å². The van der Waals surface area contributed by atoms with Gasteiger partial charge in [0.2, 0.25) is 0 Å². The smallest absolute Gasteiger partial charge is 0.407 e. The summed E-state index contributed by atoms with van der Waals surface area (Å²) in [6, 6.07) is 24.1. The van der Waals surface area contributed by atoms with Gasteiger partial charge in [-0.3, -0.25) is 0 Å². The van der Waals surface area contributed by atoms with Crippen LogP contribution in [0.25, 0.3) is 11.1 Å². The first-order chi connectivity index (χ1) is 15.7. The number of alkyl halides is 1. The highest BCUT2D eigenvalue weighted by Crippen LogP contribution is 2.44. The van der Waals surface area contributed by atoms with Gasteiger partial charge in [0, 0.05) is 29.8 Å². The molecule has 0 radical (unpaired) electrons. The highest BCUT2D eigenvalue weighted by atomic mass is 79.9. The van der Waals surface area contributed by atoms with Gasteiger partial charge in [0.05, 0.1) is 11.6 Å². The van der Waals surface area contributed by atoms with Gasteiger partial charge in [0.25, 0.3) is 0 Å². The number of carbonyl (C=O) groups excluding carboxylic acids is 1. The summed E-state index contributed by atoms with van der Waals surface area (Å²) >= 11 is 3.44. The highest BCUT2D eigenvalue weighted by Gasteiger charge is 2.28. The molecule has 0 heterocycles. The van der Waals surface area contributed by atoms with Crippen molar-refractivity contribution in [3.8, 4) is 29.0 Å². The number of hydrogen-bond donors (Lipinski definition) is 1. The van der Waals surface area contributed by atoms with E-state index in [1.807, 2.05) is 30.3 Å². The number of halogens is 1. The molecule has 158 valence electrons. The summed E-state index contributed by atoms with van der Waals surface area (Å²) in [5.41, 5.74) is 7.22. The van der Waals surface area contributed by atoms with Gasteiger partial charge in [-0.15, -0.1) is 0 Å². The lowest BCUT2D eigenvalue weighted by atomic mass is 9.98. The molecule has 4 rings (SSSR count). The van der Waals surface area contributed by atoms with Crippen LogP contribution in [0.4, 0.5) is 4.79 Å². The molecule has 4 nitrogen and oxygen atoms in total. The largest absolute Gasteiger partial charge is 0.449 e. The average molecular weight is 485 g/mol. The van der Waals surface area contributed by atoms with E-state index in [4.69, 9.17) is 10.00 Å². The molecule has 3 aromatic rings. The summed E-state index contributed by atoms with van der Waals surface area (Å²) in [7, 11) is 0. The molecule has 32 heavy (non-hydrogen) atoms. The second-order valence-corrected chi connectivity index (χ2v) is 7.98. The minimum Gasteiger partial charge on any atom is -0.449 e. The Morgan fingerprint density at radius 1 is 1.03 bits per heavy atom. The Bertz CT molecular complexity index is 1200. The third kappa shape index (κ3) is 4.69. The first kappa shape index (κ1) is 21.7. The standard InChI is InChI=1S/C27H21BrN2O2/c28-16-21-13-12-19(17-29)15-20(21)7-5-6-14-30-27(31)32-18-26-24-10-3-1-8-22(24)23-9-2-4-11-25(23)26/h1-4,8-13,15,26H,6,14,16,18H2,(H,30,31). The van der Waals surface area contributed by atoms with Crippen LogP contribution in [0.3, 0.4) is 0 Å². The van der Waals surface area contributed by atoms with E-state index < -0.39 is 6.09 Å². The Morgan fingerprint density at radius 3 is 2.38 bits per heavy atom. The monoisotopic (exact) mass is 484 g/mol. The van der Waals surface area contributed by atoms with Gasteiger partial charge in [-0.05, 0) is 39.9 Å². The maximum Gasteiger partial charge on any atom is 0.407 e. The van der Waals surface area contributed by atoms with Crippen LogP contribution in [-0.4, -0.2) is 19.2 Å². The molecule has 3 aromatic carbocycles. The van der Waals surface area contributed by atoms with Crippen molar-refractivity contribution < 1.29 is 9.53 Å². The van der Waals surface area contributed by atoms with Crippen molar-refractivity contribution in [1.29, 1.82) is 5.26 Å². The van der Waals surface area contributed by atoms with Crippen molar-refractivity contribution >= 4 is 22.0 Å². The van der Waals surface area contributed by atoms with Crippen LogP contribution in [0.2, 0.25) is 0 Å². The topological polar surface area (TPSA) is 62.1 Å². The Kier molecular flexibility index (Phi) is 6.90. The van der Waals surface area contributed by atoms with E-state index in [2.05, 4.69) is 63.4 Å². The minimum atomic E-state index is -0.443. The second kappa shape index (κ2) is 10.2.